The number of benzene rings is 1. The SMILES string of the molecule is CC1=NN(c2ccccc2)C(c2ccco2)C1. The zero-order chi connectivity index (χ0) is 11.7. The lowest BCUT2D eigenvalue weighted by molar-refractivity contribution is 0.465. The van der Waals surface area contributed by atoms with E-state index in [0.717, 1.165) is 23.6 Å². The van der Waals surface area contributed by atoms with E-state index in [1.54, 1.807) is 6.26 Å². The molecule has 0 saturated carbocycles. The molecule has 1 aromatic heterocycles. The van der Waals surface area contributed by atoms with E-state index in [0.29, 0.717) is 0 Å². The van der Waals surface area contributed by atoms with Gasteiger partial charge >= 0.3 is 0 Å². The molecule has 3 heteroatoms. The van der Waals surface area contributed by atoms with Crippen LogP contribution in [0.1, 0.15) is 25.1 Å². The van der Waals surface area contributed by atoms with Crippen LogP contribution >= 0.6 is 0 Å². The van der Waals surface area contributed by atoms with Crippen LogP contribution in [0, 0.1) is 0 Å². The van der Waals surface area contributed by atoms with Crippen LogP contribution in [0.5, 0.6) is 0 Å². The number of hydrogen-bond acceptors (Lipinski definition) is 3. The minimum atomic E-state index is 0.187. The van der Waals surface area contributed by atoms with Crippen LogP contribution in [-0.4, -0.2) is 5.71 Å². The number of para-hydroxylation sites is 1. The van der Waals surface area contributed by atoms with Gasteiger partial charge in [0.1, 0.15) is 11.8 Å². The van der Waals surface area contributed by atoms with E-state index in [2.05, 4.69) is 24.2 Å². The largest absolute Gasteiger partial charge is 0.467 e. The number of furan rings is 1. The molecule has 3 nitrogen and oxygen atoms in total. The van der Waals surface area contributed by atoms with E-state index in [1.807, 2.05) is 35.3 Å². The first-order chi connectivity index (χ1) is 8.34. The van der Waals surface area contributed by atoms with Gasteiger partial charge in [0, 0.05) is 12.1 Å². The molecule has 1 aliphatic rings. The highest BCUT2D eigenvalue weighted by Gasteiger charge is 2.29. The number of rotatable bonds is 2. The average molecular weight is 226 g/mol. The molecule has 0 N–H and O–H groups in total. The fourth-order valence-corrected chi connectivity index (χ4v) is 2.18. The third kappa shape index (κ3) is 1.84. The van der Waals surface area contributed by atoms with Gasteiger partial charge in [-0.2, -0.15) is 5.10 Å². The molecule has 0 aliphatic carbocycles. The van der Waals surface area contributed by atoms with Gasteiger partial charge in [0.15, 0.2) is 0 Å². The van der Waals surface area contributed by atoms with Gasteiger partial charge in [0.2, 0.25) is 0 Å². The first-order valence-corrected chi connectivity index (χ1v) is 5.76. The number of hydrogen-bond donors (Lipinski definition) is 0. The molecule has 2 heterocycles. The number of hydrazone groups is 1. The van der Waals surface area contributed by atoms with E-state index in [4.69, 9.17) is 4.42 Å². The fraction of sp³-hybridized carbons (Fsp3) is 0.214. The zero-order valence-corrected chi connectivity index (χ0v) is 9.71. The maximum absolute atomic E-state index is 5.50. The lowest BCUT2D eigenvalue weighted by Gasteiger charge is -2.21. The Kier molecular flexibility index (Phi) is 2.44. The standard InChI is InChI=1S/C14H14N2O/c1-11-10-13(14-8-5-9-17-14)16(15-11)12-6-3-2-4-7-12/h2-9,13H,10H2,1H3. The summed E-state index contributed by atoms with van der Waals surface area (Å²) in [6.45, 7) is 2.05. The molecule has 1 unspecified atom stereocenters. The lowest BCUT2D eigenvalue weighted by Crippen LogP contribution is -2.17. The second-order valence-electron chi connectivity index (χ2n) is 4.25. The van der Waals surface area contributed by atoms with Gasteiger partial charge in [-0.15, -0.1) is 0 Å². The Morgan fingerprint density at radius 3 is 2.71 bits per heavy atom. The second kappa shape index (κ2) is 4.09. The molecule has 1 aliphatic heterocycles. The van der Waals surface area contributed by atoms with Crippen LogP contribution in [0.4, 0.5) is 5.69 Å². The maximum Gasteiger partial charge on any atom is 0.128 e. The summed E-state index contributed by atoms with van der Waals surface area (Å²) >= 11 is 0. The molecule has 0 radical (unpaired) electrons. The Morgan fingerprint density at radius 1 is 1.18 bits per heavy atom. The van der Waals surface area contributed by atoms with E-state index in [1.165, 1.54) is 0 Å². The molecule has 2 aromatic rings. The van der Waals surface area contributed by atoms with E-state index in [-0.39, 0.29) is 6.04 Å². The van der Waals surface area contributed by atoms with Gasteiger partial charge in [-0.3, -0.25) is 5.01 Å². The van der Waals surface area contributed by atoms with E-state index >= 15 is 0 Å². The normalized spacial score (nSPS) is 19.5. The molecule has 0 fully saturated rings. The monoisotopic (exact) mass is 226 g/mol. The van der Waals surface area contributed by atoms with Crippen LogP contribution in [0.2, 0.25) is 0 Å². The summed E-state index contributed by atoms with van der Waals surface area (Å²) in [6, 6.07) is 14.3. The first kappa shape index (κ1) is 10.1. The number of anilines is 1. The molecular formula is C14H14N2O. The van der Waals surface area contributed by atoms with Crippen LogP contribution in [0.15, 0.2) is 58.2 Å². The van der Waals surface area contributed by atoms with E-state index in [9.17, 15) is 0 Å². The Morgan fingerprint density at radius 2 is 2.00 bits per heavy atom. The van der Waals surface area contributed by atoms with Crippen molar-refractivity contribution in [2.75, 3.05) is 5.01 Å². The minimum absolute atomic E-state index is 0.187. The van der Waals surface area contributed by atoms with Crippen molar-refractivity contribution >= 4 is 11.4 Å². The molecule has 3 rings (SSSR count). The maximum atomic E-state index is 5.50. The van der Waals surface area contributed by atoms with Gasteiger partial charge in [-0.25, -0.2) is 0 Å². The Labute approximate surface area is 100 Å². The van der Waals surface area contributed by atoms with Crippen LogP contribution in [-0.2, 0) is 0 Å². The summed E-state index contributed by atoms with van der Waals surface area (Å²) < 4.78 is 5.50. The van der Waals surface area contributed by atoms with Crippen molar-refractivity contribution < 1.29 is 4.42 Å². The van der Waals surface area contributed by atoms with Crippen LogP contribution < -0.4 is 5.01 Å². The quantitative estimate of drug-likeness (QED) is 0.782. The van der Waals surface area contributed by atoms with Crippen LogP contribution in [0.25, 0.3) is 0 Å². The van der Waals surface area contributed by atoms with Crippen molar-refractivity contribution in [3.8, 4) is 0 Å². The van der Waals surface area contributed by atoms with Gasteiger partial charge in [0.25, 0.3) is 0 Å². The molecule has 86 valence electrons. The van der Waals surface area contributed by atoms with Gasteiger partial charge in [-0.05, 0) is 31.2 Å². The molecule has 0 amide bonds. The highest BCUT2D eigenvalue weighted by molar-refractivity contribution is 5.86. The van der Waals surface area contributed by atoms with Gasteiger partial charge in [-0.1, -0.05) is 18.2 Å². The van der Waals surface area contributed by atoms with Crippen molar-refractivity contribution in [1.29, 1.82) is 0 Å². The highest BCUT2D eigenvalue weighted by atomic mass is 16.3. The summed E-state index contributed by atoms with van der Waals surface area (Å²) in [5.41, 5.74) is 2.24. The zero-order valence-electron chi connectivity index (χ0n) is 9.71. The lowest BCUT2D eigenvalue weighted by atomic mass is 10.1. The van der Waals surface area contributed by atoms with Gasteiger partial charge in [0.05, 0.1) is 12.0 Å². The summed E-state index contributed by atoms with van der Waals surface area (Å²) in [5.74, 6) is 0.967. The van der Waals surface area contributed by atoms with Crippen molar-refractivity contribution in [2.24, 2.45) is 5.10 Å². The molecule has 0 saturated heterocycles. The third-order valence-electron chi connectivity index (χ3n) is 2.95. The molecule has 1 atom stereocenters. The average Bonchev–Trinajstić information content (AvgIpc) is 2.98. The smallest absolute Gasteiger partial charge is 0.128 e. The van der Waals surface area contributed by atoms with Crippen LogP contribution in [0.3, 0.4) is 0 Å². The molecule has 1 aromatic carbocycles. The highest BCUT2D eigenvalue weighted by Crippen LogP contribution is 2.34. The van der Waals surface area contributed by atoms with E-state index < -0.39 is 0 Å². The minimum Gasteiger partial charge on any atom is -0.467 e. The Hall–Kier alpha value is -2.03. The first-order valence-electron chi connectivity index (χ1n) is 5.76. The Balaban J connectivity index is 1.96. The van der Waals surface area contributed by atoms with Gasteiger partial charge < -0.3 is 4.42 Å². The topological polar surface area (TPSA) is 28.7 Å². The molecule has 0 spiro atoms. The van der Waals surface area contributed by atoms with Crippen molar-refractivity contribution in [3.05, 3.63) is 54.5 Å². The molecule has 17 heavy (non-hydrogen) atoms. The predicted octanol–water partition coefficient (Wildman–Crippen LogP) is 3.61. The fourth-order valence-electron chi connectivity index (χ4n) is 2.18. The van der Waals surface area contributed by atoms with Crippen molar-refractivity contribution in [3.63, 3.8) is 0 Å². The predicted molar refractivity (Wildman–Crippen MR) is 68.1 cm³/mol. The second-order valence-corrected chi connectivity index (χ2v) is 4.25. The number of nitrogens with zero attached hydrogens (tertiary/aromatic N) is 2. The summed E-state index contributed by atoms with van der Waals surface area (Å²) in [5, 5.41) is 6.62. The molecule has 0 bridgehead atoms. The third-order valence-corrected chi connectivity index (χ3v) is 2.95. The van der Waals surface area contributed by atoms with Crippen molar-refractivity contribution in [2.45, 2.75) is 19.4 Å². The summed E-state index contributed by atoms with van der Waals surface area (Å²) in [6.07, 6.45) is 2.63. The molecular weight excluding hydrogens is 212 g/mol. The Bertz CT molecular complexity index is 516. The summed E-state index contributed by atoms with van der Waals surface area (Å²) in [7, 11) is 0. The summed E-state index contributed by atoms with van der Waals surface area (Å²) in [4.78, 5) is 0. The van der Waals surface area contributed by atoms with Crippen molar-refractivity contribution in [1.82, 2.24) is 0 Å².